The van der Waals surface area contributed by atoms with Gasteiger partial charge in [-0.1, -0.05) is 213 Å². The lowest BCUT2D eigenvalue weighted by Gasteiger charge is -2.37. The summed E-state index contributed by atoms with van der Waals surface area (Å²) < 4.78 is 2.41. The van der Waals surface area contributed by atoms with E-state index >= 15 is 0 Å². The molecule has 4 aliphatic carbocycles. The second kappa shape index (κ2) is 19.9. The van der Waals surface area contributed by atoms with Gasteiger partial charge in [0.15, 0.2) is 0 Å². The van der Waals surface area contributed by atoms with E-state index in [1.165, 1.54) is 176 Å². The summed E-state index contributed by atoms with van der Waals surface area (Å²) in [5, 5.41) is 2.53. The van der Waals surface area contributed by atoms with Crippen molar-refractivity contribution in [3.05, 3.63) is 333 Å². The lowest BCUT2D eigenvalue weighted by Crippen LogP contribution is -2.30. The molecule has 0 saturated heterocycles. The number of aromatic nitrogens is 1. The molecule has 2 nitrogen and oxygen atoms in total. The van der Waals surface area contributed by atoms with E-state index in [1.54, 1.807) is 0 Å². The standard InChI is InChI=1S/C53H42N2.C31H26/c1-35-30-36(2)32-44(31-35)55-51-17-11-9-15-47(51)48-33-40(22-29-52(48)55)39-20-25-42(26-21-39)54(41-23-18-38(19-24-41)37-12-6-5-7-13-37)43-27-28-46-45-14-8-10-16-49(45)53(3,4)50(46)34-43;1-19-3-13-27-28-14-4-20(2)16-30(28)31(29(27)15-19,25-11-9-21-5-7-23(21)17-25)26-12-10-22-6-8-24(22)18-26/h5-34H,1-4H3;3-4,9-18H,5-8H2,1-2H3. The SMILES string of the molecule is Cc1cc(C)cc(-n2c3ccccc3c3cc(-c4ccc(N(c5ccc(-c6ccccc6)cc5)c5ccc6c(c5)C(C)(C)c5ccccc5-6)cc4)ccc32)c1.Cc1ccc2c(c1)C(c1ccc3c(c1)CC3)(c1ccc3c(c1)CC3)c1cc(C)ccc1-2. The number of anilines is 3. The molecule has 0 N–H and O–H groups in total. The van der Waals surface area contributed by atoms with Crippen LogP contribution in [0.25, 0.3) is 72.0 Å². The van der Waals surface area contributed by atoms with E-state index in [1.807, 2.05) is 0 Å². The van der Waals surface area contributed by atoms with Crippen LogP contribution in [0.15, 0.2) is 255 Å². The highest BCUT2D eigenvalue weighted by Crippen LogP contribution is 2.58. The van der Waals surface area contributed by atoms with E-state index in [0.717, 1.165) is 17.1 Å². The highest BCUT2D eigenvalue weighted by atomic mass is 15.1. The van der Waals surface area contributed by atoms with Gasteiger partial charge in [0.25, 0.3) is 0 Å². The second-order valence-corrected chi connectivity index (χ2v) is 25.4. The molecule has 12 aromatic carbocycles. The summed E-state index contributed by atoms with van der Waals surface area (Å²) in [7, 11) is 0. The van der Waals surface area contributed by atoms with Gasteiger partial charge in [0.05, 0.1) is 16.4 Å². The van der Waals surface area contributed by atoms with Gasteiger partial charge in [-0.25, -0.2) is 0 Å². The molecule has 0 radical (unpaired) electrons. The van der Waals surface area contributed by atoms with Crippen LogP contribution in [0.5, 0.6) is 0 Å². The molecule has 86 heavy (non-hydrogen) atoms. The third-order valence-electron chi connectivity index (χ3n) is 19.7. The first-order valence-corrected chi connectivity index (χ1v) is 30.9. The van der Waals surface area contributed by atoms with Crippen molar-refractivity contribution in [3.8, 4) is 50.2 Å². The van der Waals surface area contributed by atoms with Crippen LogP contribution in [-0.2, 0) is 36.5 Å². The number of benzene rings is 12. The molecule has 414 valence electrons. The van der Waals surface area contributed by atoms with Crippen LogP contribution in [0.3, 0.4) is 0 Å². The fraction of sp³-hybridized carbons (Fsp3) is 0.143. The van der Waals surface area contributed by atoms with Gasteiger partial charge in [-0.3, -0.25) is 0 Å². The van der Waals surface area contributed by atoms with Gasteiger partial charge in [-0.2, -0.15) is 0 Å². The molecule has 0 atom stereocenters. The Balaban J connectivity index is 0.000000163. The minimum absolute atomic E-state index is 0.0887. The van der Waals surface area contributed by atoms with Crippen molar-refractivity contribution in [2.24, 2.45) is 0 Å². The number of fused-ring (bicyclic) bond motifs is 11. The molecular weight excluding hydrogens is 1040 g/mol. The number of rotatable bonds is 8. The zero-order valence-corrected chi connectivity index (χ0v) is 50.0. The van der Waals surface area contributed by atoms with Crippen LogP contribution in [0.4, 0.5) is 17.1 Å². The maximum absolute atomic E-state index is 2.52. The van der Waals surface area contributed by atoms with Gasteiger partial charge in [0.2, 0.25) is 0 Å². The molecule has 0 bridgehead atoms. The van der Waals surface area contributed by atoms with Crippen molar-refractivity contribution in [1.29, 1.82) is 0 Å². The Bertz CT molecular complexity index is 4750. The molecule has 1 heterocycles. The van der Waals surface area contributed by atoms with Crippen LogP contribution in [0.1, 0.15) is 91.7 Å². The number of aryl methyl sites for hydroxylation is 8. The van der Waals surface area contributed by atoms with E-state index < -0.39 is 0 Å². The fourth-order valence-electron chi connectivity index (χ4n) is 15.2. The van der Waals surface area contributed by atoms with Gasteiger partial charge >= 0.3 is 0 Å². The van der Waals surface area contributed by atoms with Crippen LogP contribution in [0.2, 0.25) is 0 Å². The van der Waals surface area contributed by atoms with Gasteiger partial charge in [-0.15, -0.1) is 0 Å². The Kier molecular flexibility index (Phi) is 12.0. The first-order chi connectivity index (χ1) is 42.0. The molecular formula is C84H68N2. The lowest BCUT2D eigenvalue weighted by atomic mass is 9.65. The zero-order chi connectivity index (χ0) is 58.0. The summed E-state index contributed by atoms with van der Waals surface area (Å²) in [5.41, 5.74) is 36.9. The molecule has 4 aliphatic rings. The Morgan fingerprint density at radius 2 is 0.802 bits per heavy atom. The maximum Gasteiger partial charge on any atom is 0.0713 e. The Morgan fingerprint density at radius 3 is 1.41 bits per heavy atom. The number of para-hydroxylation sites is 1. The van der Waals surface area contributed by atoms with Crippen molar-refractivity contribution in [1.82, 2.24) is 4.57 Å². The number of nitrogens with zero attached hydrogens (tertiary/aromatic N) is 2. The summed E-state index contributed by atoms with van der Waals surface area (Å²) in [4.78, 5) is 2.40. The topological polar surface area (TPSA) is 8.17 Å². The summed E-state index contributed by atoms with van der Waals surface area (Å²) >= 11 is 0. The third-order valence-corrected chi connectivity index (χ3v) is 19.7. The van der Waals surface area contributed by atoms with E-state index in [9.17, 15) is 0 Å². The quantitative estimate of drug-likeness (QED) is 0.147. The smallest absolute Gasteiger partial charge is 0.0713 e. The molecule has 17 rings (SSSR count). The van der Waals surface area contributed by atoms with Gasteiger partial charge < -0.3 is 9.47 Å². The predicted molar refractivity (Wildman–Crippen MR) is 361 cm³/mol. The molecule has 0 unspecified atom stereocenters. The minimum Gasteiger partial charge on any atom is -0.310 e. The molecule has 0 amide bonds. The first kappa shape index (κ1) is 51.8. The van der Waals surface area contributed by atoms with Gasteiger partial charge in [0.1, 0.15) is 0 Å². The first-order valence-electron chi connectivity index (χ1n) is 30.9. The number of hydrogen-bond acceptors (Lipinski definition) is 1. The second-order valence-electron chi connectivity index (χ2n) is 25.4. The van der Waals surface area contributed by atoms with E-state index in [0.29, 0.717) is 0 Å². The van der Waals surface area contributed by atoms with Gasteiger partial charge in [-0.05, 0) is 231 Å². The molecule has 13 aromatic rings. The zero-order valence-electron chi connectivity index (χ0n) is 50.0. The number of hydrogen-bond donors (Lipinski definition) is 0. The van der Waals surface area contributed by atoms with Crippen molar-refractivity contribution < 1.29 is 0 Å². The molecule has 0 saturated carbocycles. The average molecular weight is 1110 g/mol. The predicted octanol–water partition coefficient (Wildman–Crippen LogP) is 21.4. The fourth-order valence-corrected chi connectivity index (χ4v) is 15.2. The van der Waals surface area contributed by atoms with Crippen LogP contribution in [0, 0.1) is 27.7 Å². The van der Waals surface area contributed by atoms with Crippen LogP contribution >= 0.6 is 0 Å². The highest BCUT2D eigenvalue weighted by Gasteiger charge is 2.47. The van der Waals surface area contributed by atoms with Crippen LogP contribution in [-0.4, -0.2) is 4.57 Å². The Hall–Kier alpha value is -9.76. The third kappa shape index (κ3) is 8.21. The summed E-state index contributed by atoms with van der Waals surface area (Å²) in [6.45, 7) is 13.5. The monoisotopic (exact) mass is 1100 g/mol. The minimum atomic E-state index is -0.238. The molecule has 0 fully saturated rings. The van der Waals surface area contributed by atoms with Crippen molar-refractivity contribution >= 4 is 38.9 Å². The highest BCUT2D eigenvalue weighted by molar-refractivity contribution is 6.10. The van der Waals surface area contributed by atoms with Crippen molar-refractivity contribution in [2.45, 2.75) is 78.1 Å². The molecule has 0 spiro atoms. The molecule has 1 aromatic heterocycles. The van der Waals surface area contributed by atoms with Crippen molar-refractivity contribution in [3.63, 3.8) is 0 Å². The van der Waals surface area contributed by atoms with E-state index in [2.05, 4.69) is 306 Å². The lowest BCUT2D eigenvalue weighted by molar-refractivity contribution is 0.660. The average Bonchev–Trinajstić information content (AvgIpc) is 1.58. The van der Waals surface area contributed by atoms with E-state index in [4.69, 9.17) is 0 Å². The summed E-state index contributed by atoms with van der Waals surface area (Å²) in [6.07, 6.45) is 4.88. The Labute approximate surface area is 506 Å². The molecule has 2 heteroatoms. The van der Waals surface area contributed by atoms with Crippen LogP contribution < -0.4 is 4.90 Å². The largest absolute Gasteiger partial charge is 0.310 e. The normalized spacial score (nSPS) is 14.2. The summed E-state index contributed by atoms with van der Waals surface area (Å²) in [6, 6.07) is 95.9. The Morgan fingerprint density at radius 1 is 0.314 bits per heavy atom. The molecule has 0 aliphatic heterocycles. The maximum atomic E-state index is 2.52. The van der Waals surface area contributed by atoms with Crippen molar-refractivity contribution in [2.75, 3.05) is 4.90 Å². The van der Waals surface area contributed by atoms with Gasteiger partial charge in [0, 0.05) is 38.9 Å². The summed E-state index contributed by atoms with van der Waals surface area (Å²) in [5.74, 6) is 0. The van der Waals surface area contributed by atoms with E-state index in [-0.39, 0.29) is 10.8 Å².